The summed E-state index contributed by atoms with van der Waals surface area (Å²) in [5, 5.41) is 0.957. The lowest BCUT2D eigenvalue weighted by Crippen LogP contribution is -2.27. The molecule has 0 saturated carbocycles. The van der Waals surface area contributed by atoms with Crippen LogP contribution in [0.3, 0.4) is 0 Å². The zero-order valence-electron chi connectivity index (χ0n) is 42.3. The molecule has 0 saturated heterocycles. The normalized spacial score (nSPS) is 12.6. The van der Waals surface area contributed by atoms with Crippen LogP contribution in [0.2, 0.25) is 0 Å². The average Bonchev–Trinajstić information content (AvgIpc) is 4.10. The van der Waals surface area contributed by atoms with Crippen molar-refractivity contribution in [2.75, 3.05) is 18.0 Å². The highest BCUT2D eigenvalue weighted by molar-refractivity contribution is 6.07. The molecule has 10 rings (SSSR count). The molecule has 77 heavy (non-hydrogen) atoms. The maximum atomic E-state index is 14.4. The molecule has 6 N–H and O–H groups in total. The Bertz CT molecular complexity index is 3590. The maximum absolute atomic E-state index is 14.4. The Kier molecular flexibility index (Phi) is 15.3. The van der Waals surface area contributed by atoms with E-state index in [4.69, 9.17) is 31.4 Å². The molecule has 4 heterocycles. The third kappa shape index (κ3) is 12.3. The van der Waals surface area contributed by atoms with Crippen LogP contribution in [0.15, 0.2) is 121 Å². The van der Waals surface area contributed by atoms with Gasteiger partial charge in [0.05, 0.1) is 30.4 Å². The molecule has 0 bridgehead atoms. The number of ether oxygens (including phenoxy) is 3. The molecular weight excluding hydrogens is 989 g/mol. The summed E-state index contributed by atoms with van der Waals surface area (Å²) in [7, 11) is 0. The summed E-state index contributed by atoms with van der Waals surface area (Å²) in [6.45, 7) is 6.63. The summed E-state index contributed by atoms with van der Waals surface area (Å²) >= 11 is 0. The van der Waals surface area contributed by atoms with Crippen molar-refractivity contribution in [3.63, 3.8) is 0 Å². The maximum Gasteiger partial charge on any atom is 0.320 e. The number of benzene rings is 6. The third-order valence-corrected chi connectivity index (χ3v) is 12.8. The van der Waals surface area contributed by atoms with Crippen LogP contribution < -0.4 is 17.2 Å². The zero-order chi connectivity index (χ0) is 54.5. The third-order valence-electron chi connectivity index (χ3n) is 12.8. The van der Waals surface area contributed by atoms with E-state index < -0.39 is 35.1 Å². The predicted octanol–water partition coefficient (Wildman–Crippen LogP) is 8.52. The molecule has 0 aliphatic carbocycles. The van der Waals surface area contributed by atoms with Crippen LogP contribution in [0.5, 0.6) is 0 Å². The number of hydrogen-bond donors (Lipinski definition) is 3. The van der Waals surface area contributed by atoms with Gasteiger partial charge in [0, 0.05) is 37.0 Å². The Balaban J connectivity index is 0.000000191. The number of esters is 3. The highest BCUT2D eigenvalue weighted by Crippen LogP contribution is 2.34. The fourth-order valence-corrected chi connectivity index (χ4v) is 9.14. The molecule has 19 heteroatoms. The number of carbonyl (C=O) groups excluding carboxylic acids is 5. The second kappa shape index (κ2) is 22.3. The van der Waals surface area contributed by atoms with E-state index in [0.29, 0.717) is 81.4 Å². The van der Waals surface area contributed by atoms with Crippen molar-refractivity contribution in [3.05, 3.63) is 178 Å². The molecule has 2 aromatic heterocycles. The van der Waals surface area contributed by atoms with Gasteiger partial charge in [-0.05, 0) is 125 Å². The number of nitrogens with zero attached hydrogens (tertiary/aromatic N) is 6. The number of aromatic nitrogens is 4. The quantitative estimate of drug-likeness (QED) is 0.0766. The summed E-state index contributed by atoms with van der Waals surface area (Å²) < 4.78 is 44.4. The number of halogens is 2. The molecule has 2 aliphatic rings. The number of nitrogen functional groups attached to an aromatic ring is 2. The van der Waals surface area contributed by atoms with Crippen LogP contribution in [0, 0.1) is 11.6 Å². The van der Waals surface area contributed by atoms with Gasteiger partial charge in [-0.3, -0.25) is 24.0 Å². The number of rotatable bonds is 12. The van der Waals surface area contributed by atoms with Gasteiger partial charge in [0.2, 0.25) is 11.9 Å². The largest absolute Gasteiger partial charge is 0.461 e. The molecule has 0 spiro atoms. The Morgan fingerprint density at radius 3 is 1.34 bits per heavy atom. The van der Waals surface area contributed by atoms with E-state index >= 15 is 0 Å². The van der Waals surface area contributed by atoms with Crippen molar-refractivity contribution >= 4 is 63.4 Å². The molecular formula is C58H53F2N9O8. The minimum atomic E-state index is -0.648. The predicted molar refractivity (Wildman–Crippen MR) is 282 cm³/mol. The molecule has 8 aromatic rings. The van der Waals surface area contributed by atoms with Gasteiger partial charge in [0.1, 0.15) is 41.8 Å². The Morgan fingerprint density at radius 1 is 0.532 bits per heavy atom. The lowest BCUT2D eigenvalue weighted by molar-refractivity contribution is -0.158. The first-order valence-corrected chi connectivity index (χ1v) is 24.6. The van der Waals surface area contributed by atoms with Crippen molar-refractivity contribution in [1.29, 1.82) is 0 Å². The number of hydrogen-bond acceptors (Lipinski definition) is 15. The number of amides is 2. The van der Waals surface area contributed by atoms with Crippen LogP contribution in [0.4, 0.5) is 20.7 Å². The lowest BCUT2D eigenvalue weighted by atomic mass is 9.97. The summed E-state index contributed by atoms with van der Waals surface area (Å²) in [6.07, 6.45) is -0.259. The van der Waals surface area contributed by atoms with Crippen LogP contribution in [0.1, 0.15) is 88.0 Å². The number of fused-ring (bicyclic) bond motifs is 4. The molecule has 0 atom stereocenters. The average molecular weight is 1040 g/mol. The van der Waals surface area contributed by atoms with Gasteiger partial charge in [-0.15, -0.1) is 0 Å². The van der Waals surface area contributed by atoms with Gasteiger partial charge in [0.15, 0.2) is 0 Å². The summed E-state index contributed by atoms with van der Waals surface area (Å²) in [5.74, 6) is -3.18. The lowest BCUT2D eigenvalue weighted by Gasteiger charge is -2.19. The fraction of sp³-hybridized carbons (Fsp3) is 0.224. The molecule has 0 fully saturated rings. The highest BCUT2D eigenvalue weighted by atomic mass is 19.1. The Morgan fingerprint density at radius 2 is 0.935 bits per heavy atom. The summed E-state index contributed by atoms with van der Waals surface area (Å²) in [5.41, 5.74) is 25.5. The van der Waals surface area contributed by atoms with Gasteiger partial charge >= 0.3 is 17.9 Å². The summed E-state index contributed by atoms with van der Waals surface area (Å²) in [6, 6.07) is 34.4. The molecule has 6 aromatic carbocycles. The van der Waals surface area contributed by atoms with E-state index in [0.717, 1.165) is 22.3 Å². The van der Waals surface area contributed by atoms with E-state index in [1.807, 2.05) is 48.5 Å². The Labute approximate surface area is 441 Å². The topological polar surface area (TPSA) is 249 Å². The zero-order valence-corrected chi connectivity index (χ0v) is 42.3. The second-order valence-electron chi connectivity index (χ2n) is 19.4. The number of nitrogens with two attached hydrogens (primary N) is 3. The second-order valence-corrected chi connectivity index (χ2v) is 19.4. The molecule has 0 unspecified atom stereocenters. The monoisotopic (exact) mass is 1040 g/mol. The van der Waals surface area contributed by atoms with Crippen molar-refractivity contribution in [3.8, 4) is 22.3 Å². The van der Waals surface area contributed by atoms with Gasteiger partial charge in [-0.1, -0.05) is 72.8 Å². The number of anilines is 2. The molecule has 0 radical (unpaired) electrons. The van der Waals surface area contributed by atoms with Gasteiger partial charge in [0.25, 0.3) is 11.8 Å². The van der Waals surface area contributed by atoms with E-state index in [1.54, 1.807) is 73.0 Å². The molecule has 17 nitrogen and oxygen atoms in total. The van der Waals surface area contributed by atoms with Crippen molar-refractivity contribution < 1.29 is 47.0 Å². The van der Waals surface area contributed by atoms with Crippen LogP contribution in [-0.2, 0) is 68.0 Å². The van der Waals surface area contributed by atoms with Gasteiger partial charge < -0.3 is 41.2 Å². The van der Waals surface area contributed by atoms with Crippen molar-refractivity contribution in [1.82, 2.24) is 29.7 Å². The highest BCUT2D eigenvalue weighted by Gasteiger charge is 2.29. The van der Waals surface area contributed by atoms with Gasteiger partial charge in [-0.25, -0.2) is 28.7 Å². The first-order valence-electron chi connectivity index (χ1n) is 24.6. The first kappa shape index (κ1) is 52.6. The molecule has 2 aliphatic heterocycles. The van der Waals surface area contributed by atoms with Crippen LogP contribution in [0.25, 0.3) is 44.1 Å². The number of carbonyl (C=O) groups is 5. The molecule has 2 amide bonds. The van der Waals surface area contributed by atoms with E-state index in [9.17, 15) is 32.8 Å². The minimum Gasteiger partial charge on any atom is -0.461 e. The van der Waals surface area contributed by atoms with E-state index in [-0.39, 0.29) is 67.7 Å². The summed E-state index contributed by atoms with van der Waals surface area (Å²) in [4.78, 5) is 83.5. The van der Waals surface area contributed by atoms with Gasteiger partial charge in [-0.2, -0.15) is 0 Å². The smallest absolute Gasteiger partial charge is 0.320 e. The molecule has 392 valence electrons. The van der Waals surface area contributed by atoms with Crippen molar-refractivity contribution in [2.45, 2.75) is 78.6 Å². The Hall–Kier alpha value is -9.23. The van der Waals surface area contributed by atoms with E-state index in [2.05, 4.69) is 19.9 Å². The van der Waals surface area contributed by atoms with Crippen molar-refractivity contribution in [2.24, 2.45) is 5.73 Å². The minimum absolute atomic E-state index is 0.00884. The van der Waals surface area contributed by atoms with Crippen LogP contribution in [-0.4, -0.2) is 71.6 Å². The van der Waals surface area contributed by atoms with Crippen LogP contribution >= 0.6 is 0 Å². The van der Waals surface area contributed by atoms with E-state index in [1.165, 1.54) is 30.3 Å². The standard InChI is InChI=1S/C32H31FN4O5.C26H22FN5O3/c1-32(2,3)42-28(39)13-12-27(38)41-18-22-8-10-23(33)15-24(22)19-9-11-26-25(14-19)29(36-31(34)35-26)30(40)37-16-20-6-4-5-7-21(20)17-37;27-19-7-5-18(14-35-23(33)11-28)20(10-19)15-6-8-22-21(9-15)24(31-26(29)30-22)25(34)32-12-16-3-1-2-4-17(16)13-32/h4-11,14-15H,12-13,16-18H2,1-3H3,(H2,34,35,36);1-10H,11-14,28H2,(H2,29,30,31). The fourth-order valence-electron chi connectivity index (χ4n) is 9.14. The SMILES string of the molecule is CC(C)(C)OC(=O)CCC(=O)OCc1ccc(F)cc1-c1ccc2nc(N)nc(C(=O)N3Cc4ccccc4C3)c2c1.NCC(=O)OCc1ccc(F)cc1-c1ccc2nc(N)nc(C(=O)N3Cc4ccccc4C3)c2c1. The first-order chi connectivity index (χ1) is 36.9.